The number of unbranched alkanes of at least 4 members (excludes halogenated alkanes) is 1. The van der Waals surface area contributed by atoms with Crippen LogP contribution in [0, 0.1) is 0 Å². The van der Waals surface area contributed by atoms with Crippen LogP contribution in [0.15, 0.2) is 30.3 Å². The second kappa shape index (κ2) is 8.18. The average molecular weight is 288 g/mol. The molecule has 1 unspecified atom stereocenters. The Labute approximate surface area is 128 Å². The molecule has 0 N–H and O–H groups in total. The first-order chi connectivity index (χ1) is 10.2. The molecule has 0 radical (unpaired) electrons. The Kier molecular flexibility index (Phi) is 6.24. The minimum atomic E-state index is 0.340. The van der Waals surface area contributed by atoms with E-state index in [0.717, 1.165) is 51.9 Å². The smallest absolute Gasteiger partial charge is 0.222 e. The highest BCUT2D eigenvalue weighted by atomic mass is 16.2. The van der Waals surface area contributed by atoms with Gasteiger partial charge in [0.05, 0.1) is 0 Å². The first kappa shape index (κ1) is 16.0. The predicted molar refractivity (Wildman–Crippen MR) is 87.3 cm³/mol. The van der Waals surface area contributed by atoms with Crippen molar-refractivity contribution in [1.29, 1.82) is 0 Å². The standard InChI is InChI=1S/C18H28N2O/c1-3-4-10-18(21)20-13-11-19(12-14-20)16(2)15-17-8-6-5-7-9-17/h5-9,16H,3-4,10-15H2,1-2H3. The van der Waals surface area contributed by atoms with Gasteiger partial charge in [-0.05, 0) is 25.3 Å². The summed E-state index contributed by atoms with van der Waals surface area (Å²) in [4.78, 5) is 16.6. The summed E-state index contributed by atoms with van der Waals surface area (Å²) < 4.78 is 0. The van der Waals surface area contributed by atoms with Gasteiger partial charge >= 0.3 is 0 Å². The van der Waals surface area contributed by atoms with E-state index in [0.29, 0.717) is 11.9 Å². The van der Waals surface area contributed by atoms with Crippen molar-refractivity contribution < 1.29 is 4.79 Å². The molecular formula is C18H28N2O. The minimum absolute atomic E-state index is 0.340. The normalized spacial score (nSPS) is 17.7. The third kappa shape index (κ3) is 4.85. The van der Waals surface area contributed by atoms with E-state index in [9.17, 15) is 4.79 Å². The van der Waals surface area contributed by atoms with Gasteiger partial charge in [-0.15, -0.1) is 0 Å². The fourth-order valence-electron chi connectivity index (χ4n) is 2.98. The lowest BCUT2D eigenvalue weighted by atomic mass is 10.1. The van der Waals surface area contributed by atoms with Crippen LogP contribution >= 0.6 is 0 Å². The van der Waals surface area contributed by atoms with Crippen LogP contribution in [0.1, 0.15) is 38.7 Å². The lowest BCUT2D eigenvalue weighted by Crippen LogP contribution is -2.51. The number of hydrogen-bond donors (Lipinski definition) is 0. The first-order valence-electron chi connectivity index (χ1n) is 8.26. The van der Waals surface area contributed by atoms with E-state index < -0.39 is 0 Å². The molecule has 3 nitrogen and oxygen atoms in total. The third-order valence-electron chi connectivity index (χ3n) is 4.41. The van der Waals surface area contributed by atoms with Crippen LogP contribution in [-0.2, 0) is 11.2 Å². The van der Waals surface area contributed by atoms with Crippen LogP contribution in [0.2, 0.25) is 0 Å². The molecule has 1 aromatic rings. The van der Waals surface area contributed by atoms with Crippen LogP contribution in [0.3, 0.4) is 0 Å². The van der Waals surface area contributed by atoms with E-state index in [1.165, 1.54) is 5.56 Å². The molecular weight excluding hydrogens is 260 g/mol. The maximum Gasteiger partial charge on any atom is 0.222 e. The highest BCUT2D eigenvalue weighted by Crippen LogP contribution is 2.13. The molecule has 21 heavy (non-hydrogen) atoms. The number of nitrogens with zero attached hydrogens (tertiary/aromatic N) is 2. The SMILES string of the molecule is CCCCC(=O)N1CCN(C(C)Cc2ccccc2)CC1. The molecule has 1 heterocycles. The molecule has 3 heteroatoms. The van der Waals surface area contributed by atoms with E-state index >= 15 is 0 Å². The molecule has 1 atom stereocenters. The van der Waals surface area contributed by atoms with Crippen molar-refractivity contribution in [2.75, 3.05) is 26.2 Å². The molecule has 1 saturated heterocycles. The third-order valence-corrected chi connectivity index (χ3v) is 4.41. The summed E-state index contributed by atoms with van der Waals surface area (Å²) in [5, 5.41) is 0. The molecule has 1 fully saturated rings. The predicted octanol–water partition coefficient (Wildman–Crippen LogP) is 2.95. The lowest BCUT2D eigenvalue weighted by molar-refractivity contribution is -0.133. The molecule has 0 aliphatic carbocycles. The fourth-order valence-corrected chi connectivity index (χ4v) is 2.98. The monoisotopic (exact) mass is 288 g/mol. The van der Waals surface area contributed by atoms with Crippen LogP contribution in [0.4, 0.5) is 0 Å². The minimum Gasteiger partial charge on any atom is -0.340 e. The van der Waals surface area contributed by atoms with Gasteiger partial charge in [0.1, 0.15) is 0 Å². The van der Waals surface area contributed by atoms with Crippen LogP contribution in [-0.4, -0.2) is 47.9 Å². The molecule has 0 saturated carbocycles. The van der Waals surface area contributed by atoms with E-state index in [1.807, 2.05) is 4.90 Å². The Morgan fingerprint density at radius 2 is 1.81 bits per heavy atom. The summed E-state index contributed by atoms with van der Waals surface area (Å²) in [6.07, 6.45) is 3.92. The Bertz CT molecular complexity index is 424. The maximum atomic E-state index is 12.0. The highest BCUT2D eigenvalue weighted by Gasteiger charge is 2.23. The van der Waals surface area contributed by atoms with E-state index in [1.54, 1.807) is 0 Å². The molecule has 116 valence electrons. The van der Waals surface area contributed by atoms with Crippen molar-refractivity contribution in [3.05, 3.63) is 35.9 Å². The summed E-state index contributed by atoms with van der Waals surface area (Å²) in [6, 6.07) is 11.2. The van der Waals surface area contributed by atoms with E-state index in [2.05, 4.69) is 49.1 Å². The number of hydrogen-bond acceptors (Lipinski definition) is 2. The van der Waals surface area contributed by atoms with Gasteiger partial charge in [-0.1, -0.05) is 43.7 Å². The number of piperazine rings is 1. The lowest BCUT2D eigenvalue weighted by Gasteiger charge is -2.38. The summed E-state index contributed by atoms with van der Waals surface area (Å²) in [7, 11) is 0. The molecule has 0 spiro atoms. The van der Waals surface area contributed by atoms with Crippen LogP contribution < -0.4 is 0 Å². The Morgan fingerprint density at radius 1 is 1.14 bits per heavy atom. The molecule has 1 aliphatic heterocycles. The van der Waals surface area contributed by atoms with Gasteiger partial charge < -0.3 is 4.90 Å². The quantitative estimate of drug-likeness (QED) is 0.803. The molecule has 2 rings (SSSR count). The van der Waals surface area contributed by atoms with Crippen LogP contribution in [0.5, 0.6) is 0 Å². The maximum absolute atomic E-state index is 12.0. The molecule has 1 amide bonds. The van der Waals surface area contributed by atoms with Gasteiger partial charge in [0, 0.05) is 38.6 Å². The number of amides is 1. The van der Waals surface area contributed by atoms with Gasteiger partial charge in [0.2, 0.25) is 5.91 Å². The number of carbonyl (C=O) groups is 1. The molecule has 1 aliphatic rings. The Hall–Kier alpha value is -1.35. The second-order valence-corrected chi connectivity index (χ2v) is 6.06. The van der Waals surface area contributed by atoms with Gasteiger partial charge in [-0.3, -0.25) is 9.69 Å². The van der Waals surface area contributed by atoms with Crippen molar-refractivity contribution in [2.24, 2.45) is 0 Å². The molecule has 1 aromatic carbocycles. The Morgan fingerprint density at radius 3 is 2.43 bits per heavy atom. The summed E-state index contributed by atoms with van der Waals surface area (Å²) in [5.41, 5.74) is 1.39. The number of rotatable bonds is 6. The van der Waals surface area contributed by atoms with Gasteiger partial charge in [-0.25, -0.2) is 0 Å². The van der Waals surface area contributed by atoms with Gasteiger partial charge in [-0.2, -0.15) is 0 Å². The zero-order valence-corrected chi connectivity index (χ0v) is 13.4. The molecule has 0 bridgehead atoms. The van der Waals surface area contributed by atoms with E-state index in [-0.39, 0.29) is 0 Å². The zero-order valence-electron chi connectivity index (χ0n) is 13.4. The van der Waals surface area contributed by atoms with Crippen molar-refractivity contribution in [1.82, 2.24) is 9.80 Å². The summed E-state index contributed by atoms with van der Waals surface area (Å²) >= 11 is 0. The fraction of sp³-hybridized carbons (Fsp3) is 0.611. The zero-order chi connectivity index (χ0) is 15.1. The van der Waals surface area contributed by atoms with Crippen molar-refractivity contribution in [3.63, 3.8) is 0 Å². The largest absolute Gasteiger partial charge is 0.340 e. The number of benzene rings is 1. The van der Waals surface area contributed by atoms with Crippen molar-refractivity contribution in [3.8, 4) is 0 Å². The van der Waals surface area contributed by atoms with Crippen molar-refractivity contribution >= 4 is 5.91 Å². The topological polar surface area (TPSA) is 23.6 Å². The van der Waals surface area contributed by atoms with Crippen molar-refractivity contribution in [2.45, 2.75) is 45.6 Å². The van der Waals surface area contributed by atoms with Crippen LogP contribution in [0.25, 0.3) is 0 Å². The highest BCUT2D eigenvalue weighted by molar-refractivity contribution is 5.76. The molecule has 0 aromatic heterocycles. The van der Waals surface area contributed by atoms with Gasteiger partial charge in [0.25, 0.3) is 0 Å². The number of carbonyl (C=O) groups excluding carboxylic acids is 1. The summed E-state index contributed by atoms with van der Waals surface area (Å²) in [5.74, 6) is 0.340. The Balaban J connectivity index is 1.76. The van der Waals surface area contributed by atoms with Gasteiger partial charge in [0.15, 0.2) is 0 Å². The average Bonchev–Trinajstić information content (AvgIpc) is 2.53. The first-order valence-corrected chi connectivity index (χ1v) is 8.26. The summed E-state index contributed by atoms with van der Waals surface area (Å²) in [6.45, 7) is 8.22. The second-order valence-electron chi connectivity index (χ2n) is 6.06. The van der Waals surface area contributed by atoms with E-state index in [4.69, 9.17) is 0 Å².